The smallest absolute Gasteiger partial charge is 0.306 e. The number of hydrogen-bond donors (Lipinski definition) is 2. The molecule has 0 bridgehead atoms. The molecule has 0 atom stereocenters. The molecule has 8 heteroatoms. The molecule has 1 aromatic carbocycles. The van der Waals surface area contributed by atoms with Crippen LogP contribution in [-0.2, 0) is 4.79 Å². The lowest BCUT2D eigenvalue weighted by Crippen LogP contribution is -2.40. The predicted octanol–water partition coefficient (Wildman–Crippen LogP) is 1.42. The van der Waals surface area contributed by atoms with Crippen molar-refractivity contribution < 1.29 is 19.6 Å². The average molecular weight is 307 g/mol. The molecule has 8 nitrogen and oxygen atoms in total. The maximum atomic E-state index is 12.5. The molecule has 1 fully saturated rings. The fourth-order valence-electron chi connectivity index (χ4n) is 2.61. The van der Waals surface area contributed by atoms with Crippen molar-refractivity contribution >= 4 is 23.3 Å². The number of hydrogen-bond acceptors (Lipinski definition) is 5. The summed E-state index contributed by atoms with van der Waals surface area (Å²) in [4.78, 5) is 35.3. The van der Waals surface area contributed by atoms with Crippen molar-refractivity contribution in [2.24, 2.45) is 5.92 Å². The van der Waals surface area contributed by atoms with Gasteiger partial charge in [-0.25, -0.2) is 0 Å². The van der Waals surface area contributed by atoms with Crippen LogP contribution in [0.4, 0.5) is 11.4 Å². The summed E-state index contributed by atoms with van der Waals surface area (Å²) in [6.45, 7) is 2.26. The van der Waals surface area contributed by atoms with E-state index in [2.05, 4.69) is 0 Å². The Labute approximate surface area is 126 Å². The van der Waals surface area contributed by atoms with Gasteiger partial charge >= 0.3 is 5.97 Å². The van der Waals surface area contributed by atoms with Crippen LogP contribution in [0.1, 0.15) is 28.8 Å². The van der Waals surface area contributed by atoms with Gasteiger partial charge in [0.2, 0.25) is 0 Å². The normalized spacial score (nSPS) is 15.6. The lowest BCUT2D eigenvalue weighted by Gasteiger charge is -2.30. The predicted molar refractivity (Wildman–Crippen MR) is 78.5 cm³/mol. The number of nitrogens with zero attached hydrogens (tertiary/aromatic N) is 2. The standard InChI is InChI=1S/C14H17N3O5/c1-8-6-10(12(15)11(7-8)17(21)22)13(18)16-4-2-9(3-5-16)14(19)20/h6-7,9H,2-5,15H2,1H3,(H,19,20). The molecule has 22 heavy (non-hydrogen) atoms. The van der Waals surface area contributed by atoms with E-state index in [0.717, 1.165) is 0 Å². The molecule has 1 aromatic rings. The fraction of sp³-hybridized carbons (Fsp3) is 0.429. The molecule has 1 amide bonds. The van der Waals surface area contributed by atoms with Gasteiger partial charge in [0.25, 0.3) is 11.6 Å². The van der Waals surface area contributed by atoms with Crippen molar-refractivity contribution in [2.45, 2.75) is 19.8 Å². The number of rotatable bonds is 3. The minimum absolute atomic E-state index is 0.0977. The first-order valence-electron chi connectivity index (χ1n) is 6.88. The Kier molecular flexibility index (Phi) is 4.30. The molecule has 118 valence electrons. The summed E-state index contributed by atoms with van der Waals surface area (Å²) < 4.78 is 0. The van der Waals surface area contributed by atoms with Gasteiger partial charge in [0.1, 0.15) is 5.69 Å². The molecular weight excluding hydrogens is 290 g/mol. The second-order valence-corrected chi connectivity index (χ2v) is 5.41. The fourth-order valence-corrected chi connectivity index (χ4v) is 2.61. The number of anilines is 1. The topological polar surface area (TPSA) is 127 Å². The minimum Gasteiger partial charge on any atom is -0.481 e. The molecule has 0 saturated carbocycles. The Morgan fingerprint density at radius 1 is 1.36 bits per heavy atom. The van der Waals surface area contributed by atoms with Crippen molar-refractivity contribution in [2.75, 3.05) is 18.8 Å². The highest BCUT2D eigenvalue weighted by Crippen LogP contribution is 2.29. The van der Waals surface area contributed by atoms with Gasteiger partial charge in [-0.15, -0.1) is 0 Å². The highest BCUT2D eigenvalue weighted by molar-refractivity contribution is 6.01. The zero-order valence-corrected chi connectivity index (χ0v) is 12.1. The Hall–Kier alpha value is -2.64. The molecule has 0 unspecified atom stereocenters. The molecule has 1 saturated heterocycles. The van der Waals surface area contributed by atoms with Crippen LogP contribution < -0.4 is 5.73 Å². The number of carboxylic acid groups (broad SMARTS) is 1. The molecular formula is C14H17N3O5. The van der Waals surface area contributed by atoms with Crippen molar-refractivity contribution in [3.63, 3.8) is 0 Å². The van der Waals surface area contributed by atoms with Crippen molar-refractivity contribution in [3.8, 4) is 0 Å². The lowest BCUT2D eigenvalue weighted by molar-refractivity contribution is -0.384. The number of aliphatic carboxylic acids is 1. The summed E-state index contributed by atoms with van der Waals surface area (Å²) in [6, 6.07) is 2.84. The Morgan fingerprint density at radius 2 is 1.95 bits per heavy atom. The van der Waals surface area contributed by atoms with Gasteiger partial charge < -0.3 is 15.7 Å². The second kappa shape index (κ2) is 6.00. The SMILES string of the molecule is Cc1cc(C(=O)N2CCC(C(=O)O)CC2)c(N)c([N+](=O)[O-])c1. The number of nitrogens with two attached hydrogens (primary N) is 1. The molecule has 1 heterocycles. The van der Waals surface area contributed by atoms with E-state index < -0.39 is 22.7 Å². The number of likely N-dealkylation sites (tertiary alicyclic amines) is 1. The molecule has 0 aromatic heterocycles. The van der Waals surface area contributed by atoms with Crippen molar-refractivity contribution in [3.05, 3.63) is 33.4 Å². The van der Waals surface area contributed by atoms with E-state index in [0.29, 0.717) is 31.5 Å². The molecule has 1 aliphatic rings. The summed E-state index contributed by atoms with van der Waals surface area (Å²) >= 11 is 0. The number of carbonyl (C=O) groups is 2. The first-order valence-corrected chi connectivity index (χ1v) is 6.88. The van der Waals surface area contributed by atoms with Crippen LogP contribution in [0, 0.1) is 23.0 Å². The van der Waals surface area contributed by atoms with Gasteiger partial charge in [0.15, 0.2) is 0 Å². The quantitative estimate of drug-likeness (QED) is 0.494. The van der Waals surface area contributed by atoms with E-state index >= 15 is 0 Å². The number of aryl methyl sites for hydroxylation is 1. The third-order valence-electron chi connectivity index (χ3n) is 3.86. The molecule has 0 aliphatic carbocycles. The number of nitrogen functional groups attached to an aromatic ring is 1. The minimum atomic E-state index is -0.863. The average Bonchev–Trinajstić information content (AvgIpc) is 2.48. The van der Waals surface area contributed by atoms with Gasteiger partial charge in [-0.05, 0) is 31.4 Å². The van der Waals surface area contributed by atoms with E-state index in [1.807, 2.05) is 0 Å². The van der Waals surface area contributed by atoms with Crippen molar-refractivity contribution in [1.29, 1.82) is 0 Å². The van der Waals surface area contributed by atoms with Crippen LogP contribution in [0.2, 0.25) is 0 Å². The zero-order valence-electron chi connectivity index (χ0n) is 12.1. The Balaban J connectivity index is 2.24. The number of carbonyl (C=O) groups excluding carboxylic acids is 1. The van der Waals surface area contributed by atoms with E-state index in [4.69, 9.17) is 10.8 Å². The third-order valence-corrected chi connectivity index (χ3v) is 3.86. The molecule has 0 spiro atoms. The van der Waals surface area contributed by atoms with Crippen LogP contribution in [-0.4, -0.2) is 39.9 Å². The van der Waals surface area contributed by atoms with E-state index in [-0.39, 0.29) is 16.9 Å². The van der Waals surface area contributed by atoms with Gasteiger partial charge in [-0.2, -0.15) is 0 Å². The first-order chi connectivity index (χ1) is 10.3. The summed E-state index contributed by atoms with van der Waals surface area (Å²) in [5.74, 6) is -1.71. The third kappa shape index (κ3) is 3.00. The first kappa shape index (κ1) is 15.7. The molecule has 1 aliphatic heterocycles. The zero-order chi connectivity index (χ0) is 16.4. The van der Waals surface area contributed by atoms with Crippen LogP contribution in [0.15, 0.2) is 12.1 Å². The van der Waals surface area contributed by atoms with Crippen LogP contribution in [0.25, 0.3) is 0 Å². The summed E-state index contributed by atoms with van der Waals surface area (Å²) in [6.07, 6.45) is 0.740. The molecule has 2 rings (SSSR count). The number of carboxylic acids is 1. The van der Waals surface area contributed by atoms with E-state index in [9.17, 15) is 19.7 Å². The Bertz CT molecular complexity index is 636. The van der Waals surface area contributed by atoms with E-state index in [1.165, 1.54) is 17.0 Å². The van der Waals surface area contributed by atoms with Crippen LogP contribution in [0.3, 0.4) is 0 Å². The monoisotopic (exact) mass is 307 g/mol. The number of piperidine rings is 1. The largest absolute Gasteiger partial charge is 0.481 e. The number of benzene rings is 1. The van der Waals surface area contributed by atoms with Gasteiger partial charge in [-0.3, -0.25) is 19.7 Å². The van der Waals surface area contributed by atoms with Gasteiger partial charge in [0, 0.05) is 19.2 Å². The molecule has 3 N–H and O–H groups in total. The lowest BCUT2D eigenvalue weighted by atomic mass is 9.96. The summed E-state index contributed by atoms with van der Waals surface area (Å²) in [5, 5.41) is 19.9. The highest BCUT2D eigenvalue weighted by Gasteiger charge is 2.29. The summed E-state index contributed by atoms with van der Waals surface area (Å²) in [7, 11) is 0. The number of amides is 1. The van der Waals surface area contributed by atoms with Crippen LogP contribution in [0.5, 0.6) is 0 Å². The molecule has 0 radical (unpaired) electrons. The number of nitro benzene ring substituents is 1. The highest BCUT2D eigenvalue weighted by atomic mass is 16.6. The number of nitro groups is 1. The maximum absolute atomic E-state index is 12.5. The van der Waals surface area contributed by atoms with Crippen molar-refractivity contribution in [1.82, 2.24) is 4.90 Å². The maximum Gasteiger partial charge on any atom is 0.306 e. The van der Waals surface area contributed by atoms with Gasteiger partial charge in [-0.1, -0.05) is 0 Å². The van der Waals surface area contributed by atoms with Crippen LogP contribution >= 0.6 is 0 Å². The second-order valence-electron chi connectivity index (χ2n) is 5.41. The summed E-state index contributed by atoms with van der Waals surface area (Å²) in [5.41, 5.74) is 5.98. The van der Waals surface area contributed by atoms with E-state index in [1.54, 1.807) is 6.92 Å². The Morgan fingerprint density at radius 3 is 2.45 bits per heavy atom. The van der Waals surface area contributed by atoms with Gasteiger partial charge in [0.05, 0.1) is 16.4 Å².